The van der Waals surface area contributed by atoms with Crippen LogP contribution in [0.25, 0.3) is 0 Å². The highest BCUT2D eigenvalue weighted by Gasteiger charge is 2.31. The van der Waals surface area contributed by atoms with E-state index in [1.807, 2.05) is 13.0 Å². The Labute approximate surface area is 114 Å². The van der Waals surface area contributed by atoms with Gasteiger partial charge in [-0.15, -0.1) is 0 Å². The number of rotatable bonds is 2. The molecule has 4 nitrogen and oxygen atoms in total. The SMILES string of the molecule is CC1CS(=O)(=O)c2ccc(CN3CCNCC3)cc21. The van der Waals surface area contributed by atoms with Crippen LogP contribution in [0.3, 0.4) is 0 Å². The fraction of sp³-hybridized carbons (Fsp3) is 0.571. The Morgan fingerprint density at radius 2 is 2.05 bits per heavy atom. The molecule has 0 spiro atoms. The van der Waals surface area contributed by atoms with Crippen molar-refractivity contribution in [2.24, 2.45) is 0 Å². The highest BCUT2D eigenvalue weighted by Crippen LogP contribution is 2.35. The standard InChI is InChI=1S/C14H20N2O2S/c1-11-10-19(17,18)14-3-2-12(8-13(11)14)9-16-6-4-15-5-7-16/h2-3,8,11,15H,4-7,9-10H2,1H3. The first-order valence-corrected chi connectivity index (χ1v) is 8.50. The molecule has 1 atom stereocenters. The molecule has 0 saturated carbocycles. The third-order valence-electron chi connectivity index (χ3n) is 4.03. The third kappa shape index (κ3) is 2.55. The number of sulfone groups is 1. The first-order valence-electron chi connectivity index (χ1n) is 6.85. The number of piperazine rings is 1. The molecule has 1 saturated heterocycles. The molecule has 19 heavy (non-hydrogen) atoms. The van der Waals surface area contributed by atoms with Crippen LogP contribution in [0.1, 0.15) is 24.0 Å². The molecular weight excluding hydrogens is 260 g/mol. The molecule has 2 heterocycles. The lowest BCUT2D eigenvalue weighted by Gasteiger charge is -2.27. The van der Waals surface area contributed by atoms with Crippen LogP contribution in [0.4, 0.5) is 0 Å². The molecule has 0 radical (unpaired) electrons. The van der Waals surface area contributed by atoms with E-state index in [1.165, 1.54) is 5.56 Å². The molecule has 1 aromatic rings. The predicted molar refractivity (Wildman–Crippen MR) is 75.1 cm³/mol. The van der Waals surface area contributed by atoms with Crippen LogP contribution in [0.2, 0.25) is 0 Å². The summed E-state index contributed by atoms with van der Waals surface area (Å²) >= 11 is 0. The monoisotopic (exact) mass is 280 g/mol. The van der Waals surface area contributed by atoms with Crippen LogP contribution in [0, 0.1) is 0 Å². The number of nitrogens with one attached hydrogen (secondary N) is 1. The van der Waals surface area contributed by atoms with E-state index in [9.17, 15) is 8.42 Å². The average Bonchev–Trinajstić information content (AvgIpc) is 2.61. The molecule has 104 valence electrons. The maximum Gasteiger partial charge on any atom is 0.179 e. The molecule has 1 N–H and O–H groups in total. The van der Waals surface area contributed by atoms with Gasteiger partial charge < -0.3 is 5.32 Å². The van der Waals surface area contributed by atoms with Gasteiger partial charge in [-0.25, -0.2) is 8.42 Å². The topological polar surface area (TPSA) is 49.4 Å². The predicted octanol–water partition coefficient (Wildman–Crippen LogP) is 0.983. The lowest BCUT2D eigenvalue weighted by Crippen LogP contribution is -2.42. The van der Waals surface area contributed by atoms with Crippen molar-refractivity contribution in [3.8, 4) is 0 Å². The van der Waals surface area contributed by atoms with Crippen molar-refractivity contribution in [2.45, 2.75) is 24.3 Å². The Bertz CT molecular complexity index is 577. The van der Waals surface area contributed by atoms with Gasteiger partial charge in [0.1, 0.15) is 0 Å². The van der Waals surface area contributed by atoms with Crippen molar-refractivity contribution in [2.75, 3.05) is 31.9 Å². The van der Waals surface area contributed by atoms with Crippen molar-refractivity contribution in [3.63, 3.8) is 0 Å². The van der Waals surface area contributed by atoms with E-state index >= 15 is 0 Å². The highest BCUT2D eigenvalue weighted by molar-refractivity contribution is 7.91. The number of nitrogens with zero attached hydrogens (tertiary/aromatic N) is 1. The van der Waals surface area contributed by atoms with Crippen LogP contribution in [0.15, 0.2) is 23.1 Å². The summed E-state index contributed by atoms with van der Waals surface area (Å²) in [6.07, 6.45) is 0. The van der Waals surface area contributed by atoms with Gasteiger partial charge in [0.2, 0.25) is 0 Å². The molecule has 2 aliphatic rings. The first kappa shape index (κ1) is 13.1. The van der Waals surface area contributed by atoms with Crippen molar-refractivity contribution in [3.05, 3.63) is 29.3 Å². The van der Waals surface area contributed by atoms with E-state index in [1.54, 1.807) is 6.07 Å². The van der Waals surface area contributed by atoms with Crippen LogP contribution < -0.4 is 5.32 Å². The zero-order chi connectivity index (χ0) is 13.5. The van der Waals surface area contributed by atoms with Crippen LogP contribution >= 0.6 is 0 Å². The molecule has 2 aliphatic heterocycles. The number of fused-ring (bicyclic) bond motifs is 1. The van der Waals surface area contributed by atoms with Gasteiger partial charge in [0.05, 0.1) is 10.6 Å². The maximum atomic E-state index is 11.9. The van der Waals surface area contributed by atoms with E-state index in [4.69, 9.17) is 0 Å². The molecule has 1 fully saturated rings. The van der Waals surface area contributed by atoms with E-state index in [0.717, 1.165) is 38.3 Å². The minimum absolute atomic E-state index is 0.128. The van der Waals surface area contributed by atoms with Gasteiger partial charge >= 0.3 is 0 Å². The smallest absolute Gasteiger partial charge is 0.179 e. The summed E-state index contributed by atoms with van der Waals surface area (Å²) in [4.78, 5) is 2.95. The molecule has 5 heteroatoms. The van der Waals surface area contributed by atoms with Crippen LogP contribution in [-0.4, -0.2) is 45.2 Å². The van der Waals surface area contributed by atoms with Gasteiger partial charge in [-0.2, -0.15) is 0 Å². The fourth-order valence-corrected chi connectivity index (χ4v) is 4.91. The van der Waals surface area contributed by atoms with Crippen LogP contribution in [-0.2, 0) is 16.4 Å². The van der Waals surface area contributed by atoms with Gasteiger partial charge in [0.25, 0.3) is 0 Å². The second kappa shape index (κ2) is 4.89. The Morgan fingerprint density at radius 3 is 2.79 bits per heavy atom. The zero-order valence-electron chi connectivity index (χ0n) is 11.2. The summed E-state index contributed by atoms with van der Waals surface area (Å²) in [5, 5.41) is 3.34. The maximum absolute atomic E-state index is 11.9. The molecular formula is C14H20N2O2S. The summed E-state index contributed by atoms with van der Waals surface area (Å²) in [6.45, 7) is 7.11. The van der Waals surface area contributed by atoms with Gasteiger partial charge in [-0.1, -0.05) is 19.1 Å². The minimum atomic E-state index is -3.03. The number of hydrogen-bond donors (Lipinski definition) is 1. The van der Waals surface area contributed by atoms with Crippen LogP contribution in [0.5, 0.6) is 0 Å². The molecule has 0 amide bonds. The zero-order valence-corrected chi connectivity index (χ0v) is 12.0. The quantitative estimate of drug-likeness (QED) is 0.877. The Balaban J connectivity index is 1.84. The van der Waals surface area contributed by atoms with Gasteiger partial charge in [-0.3, -0.25) is 4.90 Å². The highest BCUT2D eigenvalue weighted by atomic mass is 32.2. The molecule has 0 aromatic heterocycles. The van der Waals surface area contributed by atoms with E-state index in [-0.39, 0.29) is 11.7 Å². The van der Waals surface area contributed by atoms with Crippen molar-refractivity contribution in [1.29, 1.82) is 0 Å². The van der Waals surface area contributed by atoms with Crippen molar-refractivity contribution >= 4 is 9.84 Å². The lowest BCUT2D eigenvalue weighted by molar-refractivity contribution is 0.233. The average molecular weight is 280 g/mol. The largest absolute Gasteiger partial charge is 0.314 e. The van der Waals surface area contributed by atoms with E-state index < -0.39 is 9.84 Å². The Hall–Kier alpha value is -0.910. The summed E-state index contributed by atoms with van der Waals surface area (Å²) in [5.41, 5.74) is 2.23. The van der Waals surface area contributed by atoms with Gasteiger partial charge in [0.15, 0.2) is 9.84 Å². The van der Waals surface area contributed by atoms with Gasteiger partial charge in [-0.05, 0) is 23.1 Å². The summed E-state index contributed by atoms with van der Waals surface area (Å²) in [6, 6.07) is 5.86. The Kier molecular flexibility index (Phi) is 3.37. The van der Waals surface area contributed by atoms with E-state index in [0.29, 0.717) is 4.90 Å². The third-order valence-corrected chi connectivity index (χ3v) is 6.01. The normalized spacial score (nSPS) is 26.3. The summed E-state index contributed by atoms with van der Waals surface area (Å²) in [7, 11) is -3.03. The lowest BCUT2D eigenvalue weighted by atomic mass is 10.0. The molecule has 1 unspecified atom stereocenters. The molecule has 0 aliphatic carbocycles. The summed E-state index contributed by atoms with van der Waals surface area (Å²) < 4.78 is 23.9. The fourth-order valence-electron chi connectivity index (χ4n) is 3.00. The minimum Gasteiger partial charge on any atom is -0.314 e. The van der Waals surface area contributed by atoms with Crippen molar-refractivity contribution < 1.29 is 8.42 Å². The number of benzene rings is 1. The molecule has 1 aromatic carbocycles. The Morgan fingerprint density at radius 1 is 1.32 bits per heavy atom. The second-order valence-corrected chi connectivity index (χ2v) is 7.58. The van der Waals surface area contributed by atoms with Crippen molar-refractivity contribution in [1.82, 2.24) is 10.2 Å². The van der Waals surface area contributed by atoms with Gasteiger partial charge in [0, 0.05) is 32.7 Å². The molecule has 3 rings (SSSR count). The summed E-state index contributed by atoms with van der Waals surface area (Å²) in [5.74, 6) is 0.391. The number of hydrogen-bond acceptors (Lipinski definition) is 4. The molecule has 0 bridgehead atoms. The second-order valence-electron chi connectivity index (χ2n) is 5.58. The first-order chi connectivity index (χ1) is 9.06. The van der Waals surface area contributed by atoms with E-state index in [2.05, 4.69) is 16.3 Å².